The molecule has 0 aromatic rings. The van der Waals surface area contributed by atoms with Crippen LogP contribution in [-0.4, -0.2) is 26.2 Å². The molecule has 17 heavy (non-hydrogen) atoms. The van der Waals surface area contributed by atoms with Crippen molar-refractivity contribution in [2.24, 2.45) is 11.3 Å². The Morgan fingerprint density at radius 1 is 1.18 bits per heavy atom. The molecule has 2 aliphatic rings. The molecule has 1 heterocycles. The highest BCUT2D eigenvalue weighted by molar-refractivity contribution is 4.80. The highest BCUT2D eigenvalue weighted by atomic mass is 14.9. The number of hydrogen-bond acceptors (Lipinski definition) is 2. The summed E-state index contributed by atoms with van der Waals surface area (Å²) in [6.45, 7) is 7.43. The summed E-state index contributed by atoms with van der Waals surface area (Å²) in [5.74, 6) is 0.926. The number of piperidine rings is 1. The SMILES string of the molecule is CC1(CNCCC2CCCNC2)CCCCC1. The maximum absolute atomic E-state index is 3.72. The van der Waals surface area contributed by atoms with E-state index in [1.807, 2.05) is 0 Å². The number of rotatable bonds is 5. The van der Waals surface area contributed by atoms with E-state index in [-0.39, 0.29) is 0 Å². The van der Waals surface area contributed by atoms with Crippen molar-refractivity contribution >= 4 is 0 Å². The van der Waals surface area contributed by atoms with Gasteiger partial charge in [-0.15, -0.1) is 0 Å². The van der Waals surface area contributed by atoms with Crippen LogP contribution in [0.1, 0.15) is 58.3 Å². The van der Waals surface area contributed by atoms with Crippen LogP contribution in [0.4, 0.5) is 0 Å². The molecule has 0 bridgehead atoms. The summed E-state index contributed by atoms with van der Waals surface area (Å²) in [5.41, 5.74) is 0.600. The lowest BCUT2D eigenvalue weighted by molar-refractivity contribution is 0.205. The molecule has 1 aliphatic heterocycles. The van der Waals surface area contributed by atoms with E-state index in [1.165, 1.54) is 77.5 Å². The van der Waals surface area contributed by atoms with Gasteiger partial charge in [0.15, 0.2) is 0 Å². The fourth-order valence-corrected chi connectivity index (χ4v) is 3.45. The van der Waals surface area contributed by atoms with Crippen molar-refractivity contribution < 1.29 is 0 Å². The minimum atomic E-state index is 0.600. The third kappa shape index (κ3) is 4.59. The molecule has 2 fully saturated rings. The van der Waals surface area contributed by atoms with Crippen LogP contribution >= 0.6 is 0 Å². The normalized spacial score (nSPS) is 29.1. The molecule has 0 amide bonds. The second-order valence-electron chi connectivity index (χ2n) is 6.55. The topological polar surface area (TPSA) is 24.1 Å². The average molecular weight is 238 g/mol. The third-order valence-corrected chi connectivity index (χ3v) is 4.74. The zero-order valence-corrected chi connectivity index (χ0v) is 11.6. The Labute approximate surface area is 107 Å². The molecule has 2 rings (SSSR count). The van der Waals surface area contributed by atoms with Gasteiger partial charge in [-0.25, -0.2) is 0 Å². The molecule has 0 aromatic heterocycles. The summed E-state index contributed by atoms with van der Waals surface area (Å²) in [7, 11) is 0. The van der Waals surface area contributed by atoms with Gasteiger partial charge in [0.1, 0.15) is 0 Å². The van der Waals surface area contributed by atoms with Gasteiger partial charge in [-0.3, -0.25) is 0 Å². The standard InChI is InChI=1S/C15H30N2/c1-15(8-3-2-4-9-15)13-17-11-7-14-6-5-10-16-12-14/h14,16-17H,2-13H2,1H3. The van der Waals surface area contributed by atoms with Crippen molar-refractivity contribution in [1.82, 2.24) is 10.6 Å². The molecule has 0 radical (unpaired) electrons. The molecule has 2 heteroatoms. The lowest BCUT2D eigenvalue weighted by Crippen LogP contribution is -2.36. The molecular weight excluding hydrogens is 208 g/mol. The summed E-state index contributed by atoms with van der Waals surface area (Å²) in [4.78, 5) is 0. The lowest BCUT2D eigenvalue weighted by Gasteiger charge is -2.34. The summed E-state index contributed by atoms with van der Waals surface area (Å²) < 4.78 is 0. The van der Waals surface area contributed by atoms with Gasteiger partial charge in [-0.1, -0.05) is 26.2 Å². The number of hydrogen-bond donors (Lipinski definition) is 2. The highest BCUT2D eigenvalue weighted by Gasteiger charge is 2.26. The molecule has 1 aliphatic carbocycles. The monoisotopic (exact) mass is 238 g/mol. The molecule has 0 spiro atoms. The van der Waals surface area contributed by atoms with E-state index in [0.717, 1.165) is 5.92 Å². The van der Waals surface area contributed by atoms with Crippen LogP contribution in [0, 0.1) is 11.3 Å². The van der Waals surface area contributed by atoms with E-state index in [2.05, 4.69) is 17.6 Å². The minimum Gasteiger partial charge on any atom is -0.316 e. The molecule has 1 saturated heterocycles. The summed E-state index contributed by atoms with van der Waals surface area (Å²) in [6, 6.07) is 0. The van der Waals surface area contributed by atoms with Crippen molar-refractivity contribution in [2.45, 2.75) is 58.3 Å². The third-order valence-electron chi connectivity index (χ3n) is 4.74. The first-order valence-corrected chi connectivity index (χ1v) is 7.70. The van der Waals surface area contributed by atoms with Crippen molar-refractivity contribution in [3.63, 3.8) is 0 Å². The van der Waals surface area contributed by atoms with Gasteiger partial charge in [0, 0.05) is 6.54 Å². The molecule has 2 N–H and O–H groups in total. The maximum Gasteiger partial charge on any atom is 0.000516 e. The Balaban J connectivity index is 1.55. The van der Waals surface area contributed by atoms with Gasteiger partial charge >= 0.3 is 0 Å². The van der Waals surface area contributed by atoms with Crippen LogP contribution in [0.15, 0.2) is 0 Å². The summed E-state index contributed by atoms with van der Waals surface area (Å²) in [6.07, 6.45) is 11.4. The van der Waals surface area contributed by atoms with Crippen LogP contribution in [-0.2, 0) is 0 Å². The molecule has 1 atom stereocenters. The Kier molecular flexibility index (Phi) is 5.30. The van der Waals surface area contributed by atoms with Gasteiger partial charge in [-0.05, 0) is 63.1 Å². The zero-order chi connectivity index (χ0) is 12.0. The van der Waals surface area contributed by atoms with Gasteiger partial charge in [0.05, 0.1) is 0 Å². The Morgan fingerprint density at radius 3 is 2.71 bits per heavy atom. The van der Waals surface area contributed by atoms with Gasteiger partial charge in [0.2, 0.25) is 0 Å². The quantitative estimate of drug-likeness (QED) is 0.720. The van der Waals surface area contributed by atoms with Crippen LogP contribution in [0.2, 0.25) is 0 Å². The smallest absolute Gasteiger partial charge is 0.000516 e. The van der Waals surface area contributed by atoms with E-state index in [9.17, 15) is 0 Å². The first-order valence-electron chi connectivity index (χ1n) is 7.70. The van der Waals surface area contributed by atoms with Crippen molar-refractivity contribution in [1.29, 1.82) is 0 Å². The minimum absolute atomic E-state index is 0.600. The molecule has 1 saturated carbocycles. The highest BCUT2D eigenvalue weighted by Crippen LogP contribution is 2.34. The van der Waals surface area contributed by atoms with E-state index in [1.54, 1.807) is 0 Å². The first-order chi connectivity index (χ1) is 8.29. The Bertz CT molecular complexity index is 203. The van der Waals surface area contributed by atoms with Gasteiger partial charge in [-0.2, -0.15) is 0 Å². The summed E-state index contributed by atoms with van der Waals surface area (Å²) in [5, 5.41) is 7.22. The largest absolute Gasteiger partial charge is 0.316 e. The van der Waals surface area contributed by atoms with Crippen LogP contribution in [0.5, 0.6) is 0 Å². The fraction of sp³-hybridized carbons (Fsp3) is 1.00. The van der Waals surface area contributed by atoms with E-state index >= 15 is 0 Å². The molecule has 100 valence electrons. The second-order valence-corrected chi connectivity index (χ2v) is 6.55. The fourth-order valence-electron chi connectivity index (χ4n) is 3.45. The predicted octanol–water partition coefficient (Wildman–Crippen LogP) is 2.94. The molecule has 2 nitrogen and oxygen atoms in total. The van der Waals surface area contributed by atoms with Crippen LogP contribution < -0.4 is 10.6 Å². The molecule has 0 aromatic carbocycles. The van der Waals surface area contributed by atoms with E-state index in [0.29, 0.717) is 5.41 Å². The van der Waals surface area contributed by atoms with Crippen molar-refractivity contribution in [2.75, 3.05) is 26.2 Å². The van der Waals surface area contributed by atoms with Crippen molar-refractivity contribution in [3.05, 3.63) is 0 Å². The first kappa shape index (κ1) is 13.4. The number of nitrogens with one attached hydrogen (secondary N) is 2. The molecule has 1 unspecified atom stereocenters. The summed E-state index contributed by atoms with van der Waals surface area (Å²) >= 11 is 0. The van der Waals surface area contributed by atoms with Gasteiger partial charge < -0.3 is 10.6 Å². The Morgan fingerprint density at radius 2 is 2.00 bits per heavy atom. The Hall–Kier alpha value is -0.0800. The maximum atomic E-state index is 3.72. The van der Waals surface area contributed by atoms with Crippen LogP contribution in [0.3, 0.4) is 0 Å². The molecular formula is C15H30N2. The zero-order valence-electron chi connectivity index (χ0n) is 11.6. The second kappa shape index (κ2) is 6.75. The van der Waals surface area contributed by atoms with Crippen molar-refractivity contribution in [3.8, 4) is 0 Å². The van der Waals surface area contributed by atoms with E-state index in [4.69, 9.17) is 0 Å². The van der Waals surface area contributed by atoms with Gasteiger partial charge in [0.25, 0.3) is 0 Å². The lowest BCUT2D eigenvalue weighted by atomic mass is 9.76. The predicted molar refractivity (Wildman–Crippen MR) is 74.3 cm³/mol. The average Bonchev–Trinajstić information content (AvgIpc) is 2.37. The van der Waals surface area contributed by atoms with Crippen LogP contribution in [0.25, 0.3) is 0 Å². The van der Waals surface area contributed by atoms with E-state index < -0.39 is 0 Å².